The Morgan fingerprint density at radius 3 is 2.81 bits per heavy atom. The van der Waals surface area contributed by atoms with Crippen LogP contribution in [0.2, 0.25) is 0 Å². The number of benzene rings is 1. The van der Waals surface area contributed by atoms with E-state index >= 15 is 0 Å². The van der Waals surface area contributed by atoms with Crippen LogP contribution in [0.1, 0.15) is 31.3 Å². The third-order valence-electron chi connectivity index (χ3n) is 3.61. The molecule has 0 radical (unpaired) electrons. The van der Waals surface area contributed by atoms with Crippen LogP contribution in [0.4, 0.5) is 5.82 Å². The number of rotatable bonds is 8. The van der Waals surface area contributed by atoms with E-state index < -0.39 is 0 Å². The number of thioether (sulfide) groups is 1. The molecular formula is C17H21N7OS. The van der Waals surface area contributed by atoms with Gasteiger partial charge in [-0.3, -0.25) is 9.48 Å². The molecule has 0 aliphatic rings. The van der Waals surface area contributed by atoms with Gasteiger partial charge in [-0.2, -0.15) is 5.10 Å². The van der Waals surface area contributed by atoms with Gasteiger partial charge in [0.25, 0.3) is 0 Å². The predicted molar refractivity (Wildman–Crippen MR) is 101 cm³/mol. The van der Waals surface area contributed by atoms with Crippen LogP contribution >= 0.6 is 11.8 Å². The number of amides is 1. The third kappa shape index (κ3) is 4.92. The summed E-state index contributed by atoms with van der Waals surface area (Å²) in [5.74, 6) is 2.13. The minimum absolute atomic E-state index is 0.0940. The molecule has 26 heavy (non-hydrogen) atoms. The summed E-state index contributed by atoms with van der Waals surface area (Å²) in [5.41, 5.74) is 1.16. The molecule has 0 atom stereocenters. The molecule has 1 amide bonds. The number of hydrogen-bond acceptors (Lipinski definition) is 6. The maximum Gasteiger partial charge on any atom is 0.235 e. The van der Waals surface area contributed by atoms with Crippen molar-refractivity contribution in [3.8, 4) is 0 Å². The van der Waals surface area contributed by atoms with Crippen molar-refractivity contribution in [2.75, 3.05) is 11.1 Å². The number of carbonyl (C=O) groups excluding carboxylic acids is 1. The van der Waals surface area contributed by atoms with E-state index in [1.54, 1.807) is 15.4 Å². The van der Waals surface area contributed by atoms with E-state index in [9.17, 15) is 4.79 Å². The minimum atomic E-state index is -0.0940. The molecule has 9 heteroatoms. The Labute approximate surface area is 156 Å². The predicted octanol–water partition coefficient (Wildman–Crippen LogP) is 2.37. The number of anilines is 1. The molecule has 0 unspecified atom stereocenters. The van der Waals surface area contributed by atoms with Crippen LogP contribution in [0.15, 0.2) is 42.6 Å². The second-order valence-electron chi connectivity index (χ2n) is 6.06. The Morgan fingerprint density at radius 1 is 1.23 bits per heavy atom. The maximum atomic E-state index is 12.1. The maximum absolute atomic E-state index is 12.1. The smallest absolute Gasteiger partial charge is 0.235 e. The minimum Gasteiger partial charge on any atom is -0.308 e. The van der Waals surface area contributed by atoms with Gasteiger partial charge in [0.05, 0.1) is 24.1 Å². The van der Waals surface area contributed by atoms with Gasteiger partial charge in [0, 0.05) is 12.3 Å². The standard InChI is InChI=1S/C17H21N7OS/c1-13(2)24-16(19-21-22-24)11-26-12-17(25)18-15-8-9-23(20-15)10-14-6-4-3-5-7-14/h3-9,13H,10-12H2,1-2H3,(H,18,20,25). The van der Waals surface area contributed by atoms with Gasteiger partial charge >= 0.3 is 0 Å². The molecule has 3 rings (SSSR count). The van der Waals surface area contributed by atoms with Gasteiger partial charge in [-0.05, 0) is 29.8 Å². The van der Waals surface area contributed by atoms with Crippen LogP contribution in [0, 0.1) is 0 Å². The van der Waals surface area contributed by atoms with Crippen LogP contribution in [-0.4, -0.2) is 41.6 Å². The van der Waals surface area contributed by atoms with E-state index in [1.165, 1.54) is 11.8 Å². The monoisotopic (exact) mass is 371 g/mol. The summed E-state index contributed by atoms with van der Waals surface area (Å²) in [4.78, 5) is 12.1. The number of tetrazole rings is 1. The lowest BCUT2D eigenvalue weighted by molar-refractivity contribution is -0.113. The molecule has 2 aromatic heterocycles. The molecule has 0 saturated carbocycles. The Hall–Kier alpha value is -2.68. The highest BCUT2D eigenvalue weighted by Gasteiger charge is 2.11. The molecule has 1 N–H and O–H groups in total. The van der Waals surface area contributed by atoms with Crippen LogP contribution < -0.4 is 5.32 Å². The quantitative estimate of drug-likeness (QED) is 0.654. The molecule has 2 heterocycles. The van der Waals surface area contributed by atoms with Gasteiger partial charge in [0.15, 0.2) is 11.6 Å². The zero-order valence-electron chi connectivity index (χ0n) is 14.7. The largest absolute Gasteiger partial charge is 0.308 e. The van der Waals surface area contributed by atoms with Crippen LogP contribution in [-0.2, 0) is 17.1 Å². The first kappa shape index (κ1) is 18.1. The lowest BCUT2D eigenvalue weighted by Gasteiger charge is -2.07. The van der Waals surface area contributed by atoms with Crippen LogP contribution in [0.25, 0.3) is 0 Å². The molecule has 0 aliphatic heterocycles. The summed E-state index contributed by atoms with van der Waals surface area (Å²) >= 11 is 1.47. The van der Waals surface area contributed by atoms with E-state index in [0.717, 1.165) is 11.4 Å². The van der Waals surface area contributed by atoms with Crippen molar-refractivity contribution in [1.82, 2.24) is 30.0 Å². The van der Waals surface area contributed by atoms with Gasteiger partial charge in [0.1, 0.15) is 0 Å². The normalized spacial score (nSPS) is 11.0. The fraction of sp³-hybridized carbons (Fsp3) is 0.353. The number of nitrogens with one attached hydrogen (secondary N) is 1. The van der Waals surface area contributed by atoms with Gasteiger partial charge in [-0.15, -0.1) is 16.9 Å². The molecule has 8 nitrogen and oxygen atoms in total. The molecule has 0 aliphatic carbocycles. The second-order valence-corrected chi connectivity index (χ2v) is 7.04. The Bertz CT molecular complexity index is 844. The van der Waals surface area contributed by atoms with Crippen molar-refractivity contribution >= 4 is 23.5 Å². The zero-order valence-corrected chi connectivity index (χ0v) is 15.6. The zero-order chi connectivity index (χ0) is 18.4. The van der Waals surface area contributed by atoms with Gasteiger partial charge in [0.2, 0.25) is 5.91 Å². The molecular weight excluding hydrogens is 350 g/mol. The van der Waals surface area contributed by atoms with Crippen LogP contribution in [0.5, 0.6) is 0 Å². The highest BCUT2D eigenvalue weighted by atomic mass is 32.2. The number of hydrogen-bond donors (Lipinski definition) is 1. The fourth-order valence-electron chi connectivity index (χ4n) is 2.41. The van der Waals surface area contributed by atoms with Gasteiger partial charge in [-0.25, -0.2) is 4.68 Å². The summed E-state index contributed by atoms with van der Waals surface area (Å²) in [7, 11) is 0. The lowest BCUT2D eigenvalue weighted by Crippen LogP contribution is -2.15. The highest BCUT2D eigenvalue weighted by molar-refractivity contribution is 7.99. The van der Waals surface area contributed by atoms with E-state index in [0.29, 0.717) is 23.9 Å². The topological polar surface area (TPSA) is 90.5 Å². The van der Waals surface area contributed by atoms with Crippen LogP contribution in [0.3, 0.4) is 0 Å². The van der Waals surface area contributed by atoms with E-state index in [1.807, 2.05) is 50.4 Å². The van der Waals surface area contributed by atoms with E-state index in [2.05, 4.69) is 25.9 Å². The van der Waals surface area contributed by atoms with E-state index in [-0.39, 0.29) is 11.9 Å². The molecule has 3 aromatic rings. The molecule has 0 saturated heterocycles. The molecule has 0 fully saturated rings. The number of carbonyl (C=O) groups is 1. The first-order valence-electron chi connectivity index (χ1n) is 8.33. The van der Waals surface area contributed by atoms with Crippen molar-refractivity contribution in [3.63, 3.8) is 0 Å². The highest BCUT2D eigenvalue weighted by Crippen LogP contribution is 2.13. The summed E-state index contributed by atoms with van der Waals surface area (Å²) in [6.07, 6.45) is 1.85. The Balaban J connectivity index is 1.46. The van der Waals surface area contributed by atoms with Gasteiger partial charge < -0.3 is 5.32 Å². The van der Waals surface area contributed by atoms with E-state index in [4.69, 9.17) is 0 Å². The lowest BCUT2D eigenvalue weighted by atomic mass is 10.2. The van der Waals surface area contributed by atoms with Crippen molar-refractivity contribution in [1.29, 1.82) is 0 Å². The summed E-state index contributed by atoms with van der Waals surface area (Å²) in [6, 6.07) is 12.1. The van der Waals surface area contributed by atoms with Crippen molar-refractivity contribution < 1.29 is 4.79 Å². The summed E-state index contributed by atoms with van der Waals surface area (Å²) in [6.45, 7) is 4.70. The first-order valence-corrected chi connectivity index (χ1v) is 9.49. The second kappa shape index (κ2) is 8.61. The average molecular weight is 371 g/mol. The Kier molecular flexibility index (Phi) is 6.00. The number of nitrogens with zero attached hydrogens (tertiary/aromatic N) is 6. The molecule has 1 aromatic carbocycles. The van der Waals surface area contributed by atoms with Crippen molar-refractivity contribution in [2.24, 2.45) is 0 Å². The fourth-order valence-corrected chi connectivity index (χ4v) is 3.14. The first-order chi connectivity index (χ1) is 12.6. The SMILES string of the molecule is CC(C)n1nnnc1CSCC(=O)Nc1ccn(Cc2ccccc2)n1. The van der Waals surface area contributed by atoms with Crippen molar-refractivity contribution in [2.45, 2.75) is 32.2 Å². The average Bonchev–Trinajstić information content (AvgIpc) is 3.25. The number of aromatic nitrogens is 6. The Morgan fingerprint density at radius 2 is 2.04 bits per heavy atom. The molecule has 0 spiro atoms. The third-order valence-corrected chi connectivity index (χ3v) is 4.54. The van der Waals surface area contributed by atoms with Crippen molar-refractivity contribution in [3.05, 3.63) is 54.0 Å². The van der Waals surface area contributed by atoms with Gasteiger partial charge in [-0.1, -0.05) is 30.3 Å². The molecule has 136 valence electrons. The summed E-state index contributed by atoms with van der Waals surface area (Å²) in [5, 5.41) is 18.8. The molecule has 0 bridgehead atoms. The summed E-state index contributed by atoms with van der Waals surface area (Å²) < 4.78 is 3.56.